The second-order valence-corrected chi connectivity index (χ2v) is 7.09. The summed E-state index contributed by atoms with van der Waals surface area (Å²) in [6, 6.07) is 0. The molecule has 0 fully saturated rings. The third kappa shape index (κ3) is 30.7. The Morgan fingerprint density at radius 1 is 0.731 bits per heavy atom. The zero-order chi connectivity index (χ0) is 19.9. The van der Waals surface area contributed by atoms with E-state index in [4.69, 9.17) is 10.8 Å². The molecule has 0 unspecified atom stereocenters. The number of likely N-dealkylation sites (N-methyl/N-ethyl adjacent to an activating group) is 1. The van der Waals surface area contributed by atoms with E-state index in [1.54, 1.807) is 7.05 Å². The number of hydrogen-bond donors (Lipinski definition) is 3. The summed E-state index contributed by atoms with van der Waals surface area (Å²) in [7, 11) is 1.59. The van der Waals surface area contributed by atoms with Crippen molar-refractivity contribution in [1.82, 2.24) is 5.32 Å². The molecule has 4 N–H and O–H groups in total. The Morgan fingerprint density at radius 2 is 1.08 bits per heavy atom. The van der Waals surface area contributed by atoms with Gasteiger partial charge in [0.1, 0.15) is 0 Å². The molecule has 0 saturated heterocycles. The third-order valence-corrected chi connectivity index (χ3v) is 4.35. The van der Waals surface area contributed by atoms with Gasteiger partial charge in [-0.1, -0.05) is 96.8 Å². The lowest BCUT2D eigenvalue weighted by molar-refractivity contribution is -0.135. The van der Waals surface area contributed by atoms with E-state index in [0.29, 0.717) is 6.42 Å². The Labute approximate surface area is 161 Å². The average Bonchev–Trinajstić information content (AvgIpc) is 2.58. The van der Waals surface area contributed by atoms with Crippen LogP contribution >= 0.6 is 0 Å². The molecule has 0 aromatic rings. The number of carboxylic acid groups (broad SMARTS) is 1. The number of carboxylic acids is 1. The van der Waals surface area contributed by atoms with Gasteiger partial charge in [0.25, 0.3) is 0 Å². The van der Waals surface area contributed by atoms with Gasteiger partial charge in [-0.15, -0.1) is 0 Å². The van der Waals surface area contributed by atoms with Gasteiger partial charge in [0, 0.05) is 6.42 Å². The fourth-order valence-electron chi connectivity index (χ4n) is 2.82. The first kappa shape index (κ1) is 27.1. The molecule has 26 heavy (non-hydrogen) atoms. The minimum Gasteiger partial charge on any atom is -0.480 e. The molecule has 0 atom stereocenters. The average molecular weight is 373 g/mol. The first-order valence-corrected chi connectivity index (χ1v) is 10.7. The molecule has 0 aliphatic heterocycles. The molecule has 0 heterocycles. The van der Waals surface area contributed by atoms with Crippen LogP contribution in [0.1, 0.15) is 110 Å². The summed E-state index contributed by atoms with van der Waals surface area (Å²) < 4.78 is 0. The SMILES string of the molecule is CCCCCCCCCCCCCCCCCC(N)=O.CNCC(=O)O. The van der Waals surface area contributed by atoms with Crippen molar-refractivity contribution in [2.24, 2.45) is 5.73 Å². The van der Waals surface area contributed by atoms with Gasteiger partial charge in [0.15, 0.2) is 0 Å². The molecule has 0 aliphatic rings. The molecule has 0 radical (unpaired) electrons. The van der Waals surface area contributed by atoms with Gasteiger partial charge in [-0.25, -0.2) is 0 Å². The predicted molar refractivity (Wildman–Crippen MR) is 110 cm³/mol. The lowest BCUT2D eigenvalue weighted by atomic mass is 10.0. The molecule has 0 aliphatic carbocycles. The van der Waals surface area contributed by atoms with E-state index in [0.717, 1.165) is 6.42 Å². The molecule has 156 valence electrons. The second-order valence-electron chi connectivity index (χ2n) is 7.09. The summed E-state index contributed by atoms with van der Waals surface area (Å²) in [4.78, 5) is 20.1. The molecular weight excluding hydrogens is 328 g/mol. The monoisotopic (exact) mass is 372 g/mol. The standard InChI is InChI=1S/C18H37NO.C3H7NO2/c1-2-3-4-5-6-7-8-9-10-11-12-13-14-15-16-17-18(19)20;1-4-2-3(5)6/h2-17H2,1H3,(H2,19,20);4H,2H2,1H3,(H,5,6). The van der Waals surface area contributed by atoms with Crippen molar-refractivity contribution >= 4 is 11.9 Å². The number of amides is 1. The first-order valence-electron chi connectivity index (χ1n) is 10.7. The summed E-state index contributed by atoms with van der Waals surface area (Å²) in [5.74, 6) is -0.975. The molecule has 5 nitrogen and oxygen atoms in total. The zero-order valence-electron chi connectivity index (χ0n) is 17.4. The van der Waals surface area contributed by atoms with Crippen molar-refractivity contribution in [3.63, 3.8) is 0 Å². The number of unbranched alkanes of at least 4 members (excludes halogenated alkanes) is 14. The maximum atomic E-state index is 10.6. The summed E-state index contributed by atoms with van der Waals surface area (Å²) in [5, 5.41) is 10.3. The molecule has 0 aromatic heterocycles. The molecule has 1 amide bonds. The maximum Gasteiger partial charge on any atom is 0.317 e. The first-order chi connectivity index (χ1) is 12.5. The van der Waals surface area contributed by atoms with Gasteiger partial charge in [0.2, 0.25) is 5.91 Å². The zero-order valence-corrected chi connectivity index (χ0v) is 17.4. The predicted octanol–water partition coefficient (Wildman–Crippen LogP) is 5.02. The summed E-state index contributed by atoms with van der Waals surface area (Å²) in [6.45, 7) is 2.32. The highest BCUT2D eigenvalue weighted by atomic mass is 16.4. The van der Waals surface area contributed by atoms with E-state index in [1.807, 2.05) is 0 Å². The van der Waals surface area contributed by atoms with E-state index < -0.39 is 5.97 Å². The van der Waals surface area contributed by atoms with E-state index in [-0.39, 0.29) is 12.5 Å². The molecule has 0 spiro atoms. The van der Waals surface area contributed by atoms with E-state index in [2.05, 4.69) is 12.2 Å². The van der Waals surface area contributed by atoms with Crippen molar-refractivity contribution in [3.8, 4) is 0 Å². The molecule has 0 rings (SSSR count). The maximum absolute atomic E-state index is 10.6. The number of carbonyl (C=O) groups excluding carboxylic acids is 1. The van der Waals surface area contributed by atoms with Crippen LogP contribution in [0.25, 0.3) is 0 Å². The number of rotatable bonds is 18. The van der Waals surface area contributed by atoms with Crippen LogP contribution in [-0.2, 0) is 9.59 Å². The number of nitrogens with one attached hydrogen (secondary N) is 1. The minimum atomic E-state index is -0.822. The number of primary amides is 1. The third-order valence-electron chi connectivity index (χ3n) is 4.35. The van der Waals surface area contributed by atoms with Crippen molar-refractivity contribution in [2.45, 2.75) is 110 Å². The van der Waals surface area contributed by atoms with Gasteiger partial charge >= 0.3 is 5.97 Å². The van der Waals surface area contributed by atoms with Crippen LogP contribution in [0.5, 0.6) is 0 Å². The van der Waals surface area contributed by atoms with Crippen LogP contribution in [0.2, 0.25) is 0 Å². The van der Waals surface area contributed by atoms with Gasteiger partial charge < -0.3 is 16.2 Å². The van der Waals surface area contributed by atoms with Crippen LogP contribution in [-0.4, -0.2) is 30.6 Å². The van der Waals surface area contributed by atoms with Crippen LogP contribution < -0.4 is 11.1 Å². The largest absolute Gasteiger partial charge is 0.480 e. The summed E-state index contributed by atoms with van der Waals surface area (Å²) >= 11 is 0. The van der Waals surface area contributed by atoms with E-state index in [9.17, 15) is 9.59 Å². The molecule has 0 saturated carbocycles. The topological polar surface area (TPSA) is 92.4 Å². The van der Waals surface area contributed by atoms with E-state index in [1.165, 1.54) is 89.9 Å². The summed E-state index contributed by atoms with van der Waals surface area (Å²) in [6.07, 6.45) is 20.9. The lowest BCUT2D eigenvalue weighted by Crippen LogP contribution is -2.16. The Morgan fingerprint density at radius 3 is 1.31 bits per heavy atom. The van der Waals surface area contributed by atoms with Gasteiger partial charge in [-0.3, -0.25) is 9.59 Å². The Kier molecular flexibility index (Phi) is 24.9. The highest BCUT2D eigenvalue weighted by molar-refractivity contribution is 5.73. The van der Waals surface area contributed by atoms with Crippen LogP contribution in [0.3, 0.4) is 0 Å². The van der Waals surface area contributed by atoms with Crippen molar-refractivity contribution < 1.29 is 14.7 Å². The fraction of sp³-hybridized carbons (Fsp3) is 0.905. The fourth-order valence-corrected chi connectivity index (χ4v) is 2.82. The normalized spacial score (nSPS) is 10.2. The number of hydrogen-bond acceptors (Lipinski definition) is 3. The molecule has 5 heteroatoms. The molecular formula is C21H44N2O3. The second kappa shape index (κ2) is 23.9. The number of aliphatic carboxylic acids is 1. The quantitative estimate of drug-likeness (QED) is 0.294. The highest BCUT2D eigenvalue weighted by Crippen LogP contribution is 2.13. The Hall–Kier alpha value is -1.10. The van der Waals surface area contributed by atoms with Crippen LogP contribution in [0.15, 0.2) is 0 Å². The van der Waals surface area contributed by atoms with Crippen molar-refractivity contribution in [3.05, 3.63) is 0 Å². The van der Waals surface area contributed by atoms with Crippen LogP contribution in [0, 0.1) is 0 Å². The van der Waals surface area contributed by atoms with Crippen LogP contribution in [0.4, 0.5) is 0 Å². The van der Waals surface area contributed by atoms with Gasteiger partial charge in [-0.05, 0) is 13.5 Å². The molecule has 0 bridgehead atoms. The smallest absolute Gasteiger partial charge is 0.317 e. The minimum absolute atomic E-state index is 0.0417. The van der Waals surface area contributed by atoms with Gasteiger partial charge in [0.05, 0.1) is 6.54 Å². The van der Waals surface area contributed by atoms with E-state index >= 15 is 0 Å². The Bertz CT molecular complexity index is 310. The Balaban J connectivity index is 0. The summed E-state index contributed by atoms with van der Waals surface area (Å²) in [5.41, 5.74) is 5.11. The number of nitrogens with two attached hydrogens (primary N) is 1. The van der Waals surface area contributed by atoms with Gasteiger partial charge in [-0.2, -0.15) is 0 Å². The van der Waals surface area contributed by atoms with Crippen molar-refractivity contribution in [2.75, 3.05) is 13.6 Å². The lowest BCUT2D eigenvalue weighted by Gasteiger charge is -2.03. The van der Waals surface area contributed by atoms with Crippen molar-refractivity contribution in [1.29, 1.82) is 0 Å². The highest BCUT2D eigenvalue weighted by Gasteiger charge is 1.96. The molecule has 0 aromatic carbocycles. The number of carbonyl (C=O) groups is 2.